The van der Waals surface area contributed by atoms with Crippen molar-refractivity contribution in [2.75, 3.05) is 0 Å². The summed E-state index contributed by atoms with van der Waals surface area (Å²) in [7, 11) is 0. The maximum Gasteiger partial charge on any atom is 0.144 e. The molecule has 0 amide bonds. The molecule has 1 aromatic carbocycles. The highest BCUT2D eigenvalue weighted by Crippen LogP contribution is 2.17. The molecule has 2 nitrogen and oxygen atoms in total. The summed E-state index contributed by atoms with van der Waals surface area (Å²) in [6.45, 7) is 7.35. The van der Waals surface area contributed by atoms with Gasteiger partial charge in [-0.25, -0.2) is 4.39 Å². The van der Waals surface area contributed by atoms with Crippen molar-refractivity contribution in [1.29, 1.82) is 0 Å². The van der Waals surface area contributed by atoms with Crippen LogP contribution >= 0.6 is 0 Å². The zero-order valence-corrected chi connectivity index (χ0v) is 10.8. The topological polar surface area (TPSA) is 35.4 Å². The minimum absolute atomic E-state index is 0.347. The number of nitrogens with zero attached hydrogens (tertiary/aromatic N) is 1. The SMILES string of the molecule is Cc1ccc(F)c(/C=N/[S@+]([O-])C(C)(C)C)c1. The summed E-state index contributed by atoms with van der Waals surface area (Å²) in [4.78, 5) is 0. The normalized spacial score (nSPS) is 14.4. The minimum Gasteiger partial charge on any atom is -0.591 e. The van der Waals surface area contributed by atoms with Gasteiger partial charge in [0.1, 0.15) is 21.9 Å². The molecule has 0 aromatic heterocycles. The van der Waals surface area contributed by atoms with Crippen molar-refractivity contribution in [3.8, 4) is 0 Å². The van der Waals surface area contributed by atoms with Crippen LogP contribution in [0.2, 0.25) is 0 Å². The van der Waals surface area contributed by atoms with Crippen LogP contribution in [0.3, 0.4) is 0 Å². The molecule has 0 aliphatic carbocycles. The Hall–Kier alpha value is -0.870. The second kappa shape index (κ2) is 4.97. The number of aryl methyl sites for hydroxylation is 1. The fraction of sp³-hybridized carbons (Fsp3) is 0.417. The van der Waals surface area contributed by atoms with E-state index in [1.54, 1.807) is 12.1 Å². The summed E-state index contributed by atoms with van der Waals surface area (Å²) in [5.74, 6) is -0.347. The van der Waals surface area contributed by atoms with Crippen molar-refractivity contribution < 1.29 is 8.94 Å². The molecule has 0 heterocycles. The van der Waals surface area contributed by atoms with Crippen molar-refractivity contribution in [1.82, 2.24) is 0 Å². The van der Waals surface area contributed by atoms with Crippen LogP contribution in [0.5, 0.6) is 0 Å². The lowest BCUT2D eigenvalue weighted by molar-refractivity contribution is 0.561. The second-order valence-electron chi connectivity index (χ2n) is 4.62. The van der Waals surface area contributed by atoms with E-state index in [2.05, 4.69) is 4.40 Å². The summed E-state index contributed by atoms with van der Waals surface area (Å²) in [5.41, 5.74) is 1.32. The first kappa shape index (κ1) is 13.2. The van der Waals surface area contributed by atoms with Gasteiger partial charge in [-0.15, -0.1) is 0 Å². The van der Waals surface area contributed by atoms with E-state index in [9.17, 15) is 8.94 Å². The number of rotatable bonds is 2. The van der Waals surface area contributed by atoms with Gasteiger partial charge in [-0.05, 0) is 39.8 Å². The van der Waals surface area contributed by atoms with Crippen LogP contribution < -0.4 is 0 Å². The van der Waals surface area contributed by atoms with Gasteiger partial charge in [-0.3, -0.25) is 0 Å². The zero-order valence-electron chi connectivity index (χ0n) is 9.95. The monoisotopic (exact) mass is 241 g/mol. The lowest BCUT2D eigenvalue weighted by Gasteiger charge is -2.17. The Balaban J connectivity index is 2.88. The zero-order chi connectivity index (χ0) is 12.3. The Morgan fingerprint density at radius 1 is 1.38 bits per heavy atom. The quantitative estimate of drug-likeness (QED) is 0.579. The van der Waals surface area contributed by atoms with Crippen molar-refractivity contribution in [3.05, 3.63) is 35.1 Å². The van der Waals surface area contributed by atoms with Crippen LogP contribution in [-0.4, -0.2) is 15.5 Å². The summed E-state index contributed by atoms with van der Waals surface area (Å²) < 4.78 is 28.4. The first-order valence-corrected chi connectivity index (χ1v) is 6.13. The van der Waals surface area contributed by atoms with E-state index in [0.717, 1.165) is 5.56 Å². The lowest BCUT2D eigenvalue weighted by atomic mass is 10.1. The van der Waals surface area contributed by atoms with Gasteiger partial charge in [-0.1, -0.05) is 16.0 Å². The number of hydrogen-bond acceptors (Lipinski definition) is 2. The third-order valence-corrected chi connectivity index (χ3v) is 3.31. The molecule has 1 aromatic rings. The van der Waals surface area contributed by atoms with E-state index < -0.39 is 16.1 Å². The average molecular weight is 241 g/mol. The molecule has 0 saturated heterocycles. The highest BCUT2D eigenvalue weighted by molar-refractivity contribution is 7.91. The molecule has 4 heteroatoms. The first-order valence-electron chi connectivity index (χ1n) is 5.03. The van der Waals surface area contributed by atoms with Crippen LogP contribution in [-0.2, 0) is 11.4 Å². The fourth-order valence-corrected chi connectivity index (χ4v) is 1.55. The maximum absolute atomic E-state index is 13.3. The Bertz CT molecular complexity index is 398. The number of hydrogen-bond donors (Lipinski definition) is 0. The number of benzene rings is 1. The van der Waals surface area contributed by atoms with Crippen molar-refractivity contribution in [2.45, 2.75) is 32.4 Å². The molecule has 0 bridgehead atoms. The van der Waals surface area contributed by atoms with E-state index in [0.29, 0.717) is 5.56 Å². The molecule has 1 atom stereocenters. The molecule has 0 radical (unpaired) electrons. The summed E-state index contributed by atoms with van der Waals surface area (Å²) in [6, 6.07) is 4.75. The van der Waals surface area contributed by atoms with Crippen LogP contribution in [0.4, 0.5) is 4.39 Å². The summed E-state index contributed by atoms with van der Waals surface area (Å²) in [6.07, 6.45) is 1.34. The van der Waals surface area contributed by atoms with E-state index in [1.807, 2.05) is 27.7 Å². The van der Waals surface area contributed by atoms with E-state index in [4.69, 9.17) is 0 Å². The van der Waals surface area contributed by atoms with Crippen molar-refractivity contribution in [3.63, 3.8) is 0 Å². The largest absolute Gasteiger partial charge is 0.591 e. The van der Waals surface area contributed by atoms with Crippen LogP contribution in [0.25, 0.3) is 0 Å². The van der Waals surface area contributed by atoms with Gasteiger partial charge < -0.3 is 4.55 Å². The fourth-order valence-electron chi connectivity index (χ4n) is 1.02. The molecule has 16 heavy (non-hydrogen) atoms. The third kappa shape index (κ3) is 3.61. The smallest absolute Gasteiger partial charge is 0.144 e. The molecule has 0 unspecified atom stereocenters. The minimum atomic E-state index is -1.35. The van der Waals surface area contributed by atoms with Gasteiger partial charge in [-0.2, -0.15) is 0 Å². The Morgan fingerprint density at radius 2 is 2.00 bits per heavy atom. The summed E-state index contributed by atoms with van der Waals surface area (Å²) >= 11 is -1.35. The van der Waals surface area contributed by atoms with Gasteiger partial charge >= 0.3 is 0 Å². The van der Waals surface area contributed by atoms with Gasteiger partial charge in [0.15, 0.2) is 0 Å². The molecule has 0 spiro atoms. The van der Waals surface area contributed by atoms with Gasteiger partial charge in [0.2, 0.25) is 0 Å². The Morgan fingerprint density at radius 3 is 2.56 bits per heavy atom. The maximum atomic E-state index is 13.3. The standard InChI is InChI=1S/C12H16FNOS/c1-9-5-6-11(13)10(7-9)8-14-16(15)12(2,3)4/h5-8H,1-4H3/b14-8+/t16-/m1/s1. The Kier molecular flexibility index (Phi) is 4.10. The predicted octanol–water partition coefficient (Wildman–Crippen LogP) is 3.02. The molecule has 0 aliphatic rings. The lowest BCUT2D eigenvalue weighted by Crippen LogP contribution is -2.25. The van der Waals surface area contributed by atoms with Gasteiger partial charge in [0.05, 0.1) is 6.21 Å². The second-order valence-corrected chi connectivity index (χ2v) is 6.55. The summed E-state index contributed by atoms with van der Waals surface area (Å²) in [5, 5.41) is 0. The van der Waals surface area contributed by atoms with Gasteiger partial charge in [0.25, 0.3) is 0 Å². The highest BCUT2D eigenvalue weighted by atomic mass is 32.2. The highest BCUT2D eigenvalue weighted by Gasteiger charge is 2.25. The van der Waals surface area contributed by atoms with E-state index in [1.165, 1.54) is 12.3 Å². The number of halogens is 1. The molecule has 0 fully saturated rings. The van der Waals surface area contributed by atoms with Crippen molar-refractivity contribution in [2.24, 2.45) is 4.40 Å². The first-order chi connectivity index (χ1) is 7.30. The molecule has 0 saturated carbocycles. The van der Waals surface area contributed by atoms with Gasteiger partial charge in [0, 0.05) is 5.56 Å². The molecule has 0 aliphatic heterocycles. The van der Waals surface area contributed by atoms with Crippen LogP contribution in [0.15, 0.2) is 22.6 Å². The molecular weight excluding hydrogens is 225 g/mol. The van der Waals surface area contributed by atoms with Crippen molar-refractivity contribution >= 4 is 17.6 Å². The van der Waals surface area contributed by atoms with Crippen LogP contribution in [0.1, 0.15) is 31.9 Å². The molecule has 0 N–H and O–H groups in total. The molecule has 88 valence electrons. The average Bonchev–Trinajstić information content (AvgIpc) is 2.17. The predicted molar refractivity (Wildman–Crippen MR) is 66.6 cm³/mol. The van der Waals surface area contributed by atoms with E-state index >= 15 is 0 Å². The van der Waals surface area contributed by atoms with Crippen LogP contribution in [0, 0.1) is 12.7 Å². The van der Waals surface area contributed by atoms with E-state index in [-0.39, 0.29) is 5.82 Å². The third-order valence-electron chi connectivity index (χ3n) is 1.96. The Labute approximate surface area is 98.9 Å². The molecule has 1 rings (SSSR count). The molecular formula is C12H16FNOS.